The third-order valence-corrected chi connectivity index (χ3v) is 7.46. The molecule has 0 unspecified atom stereocenters. The third-order valence-electron chi connectivity index (χ3n) is 7.46. The van der Waals surface area contributed by atoms with Crippen molar-refractivity contribution in [2.24, 2.45) is 5.92 Å². The van der Waals surface area contributed by atoms with Crippen molar-refractivity contribution in [3.8, 4) is 34.0 Å². The van der Waals surface area contributed by atoms with Gasteiger partial charge < -0.3 is 10.3 Å². The lowest BCUT2D eigenvalue weighted by atomic mass is 9.87. The summed E-state index contributed by atoms with van der Waals surface area (Å²) in [5, 5.41) is 12.1. The smallest absolute Gasteiger partial charge is 0.159 e. The summed E-state index contributed by atoms with van der Waals surface area (Å²) in [6.45, 7) is 4.31. The normalized spacial score (nSPS) is 14.2. The zero-order valence-corrected chi connectivity index (χ0v) is 21.4. The van der Waals surface area contributed by atoms with Gasteiger partial charge in [-0.3, -0.25) is 25.0 Å². The van der Waals surface area contributed by atoms with Gasteiger partial charge in [0.25, 0.3) is 0 Å². The van der Waals surface area contributed by atoms with Crippen LogP contribution in [0, 0.1) is 5.92 Å². The van der Waals surface area contributed by atoms with Crippen LogP contribution >= 0.6 is 0 Å². The molecule has 0 aromatic carbocycles. The first kappa shape index (κ1) is 23.2. The lowest BCUT2D eigenvalue weighted by Crippen LogP contribution is -2.14. The maximum absolute atomic E-state index is 4.90. The van der Waals surface area contributed by atoms with Crippen LogP contribution in [0.1, 0.15) is 32.1 Å². The van der Waals surface area contributed by atoms with Crippen LogP contribution in [0.15, 0.2) is 79.8 Å². The minimum Gasteiger partial charge on any atom is -0.358 e. The van der Waals surface area contributed by atoms with Crippen molar-refractivity contribution in [2.75, 3.05) is 5.32 Å². The van der Waals surface area contributed by atoms with E-state index in [-0.39, 0.29) is 0 Å². The van der Waals surface area contributed by atoms with Gasteiger partial charge in [-0.25, -0.2) is 4.98 Å². The van der Waals surface area contributed by atoms with Gasteiger partial charge in [-0.15, -0.1) is 0 Å². The molecule has 0 spiro atoms. The van der Waals surface area contributed by atoms with Gasteiger partial charge in [-0.2, -0.15) is 5.10 Å². The monoisotopic (exact) mass is 513 g/mol. The molecule has 0 atom stereocenters. The molecular weight excluding hydrogens is 486 g/mol. The fourth-order valence-electron chi connectivity index (χ4n) is 5.41. The van der Waals surface area contributed by atoms with Gasteiger partial charge in [0.2, 0.25) is 0 Å². The number of aromatic nitrogens is 8. The summed E-state index contributed by atoms with van der Waals surface area (Å²) in [5.41, 5.74) is 8.69. The number of imidazole rings is 1. The Bertz CT molecular complexity index is 1800. The number of fused-ring (bicyclic) bond motifs is 2. The molecule has 1 fully saturated rings. The second-order valence-electron chi connectivity index (χ2n) is 10.0. The SMILES string of the molecule is C=C(Nc1cncc(-c2cc3c(-c4nc5c(-c6ccncc6)nccc5[nH]4)n[nH]c3cn2)c1)C1CCCCC1. The predicted molar refractivity (Wildman–Crippen MR) is 153 cm³/mol. The summed E-state index contributed by atoms with van der Waals surface area (Å²) in [4.78, 5) is 26.2. The first-order valence-electron chi connectivity index (χ1n) is 13.2. The van der Waals surface area contributed by atoms with Crippen LogP contribution < -0.4 is 5.32 Å². The van der Waals surface area contributed by atoms with Gasteiger partial charge in [0, 0.05) is 47.0 Å². The average molecular weight is 514 g/mol. The molecule has 9 nitrogen and oxygen atoms in total. The number of nitrogens with one attached hydrogen (secondary N) is 3. The van der Waals surface area contributed by atoms with Crippen LogP contribution in [0.4, 0.5) is 5.69 Å². The molecule has 1 aliphatic rings. The maximum atomic E-state index is 4.90. The van der Waals surface area contributed by atoms with Crippen molar-refractivity contribution in [2.45, 2.75) is 32.1 Å². The molecule has 39 heavy (non-hydrogen) atoms. The van der Waals surface area contributed by atoms with Crippen molar-refractivity contribution in [3.05, 3.63) is 79.8 Å². The molecule has 1 saturated carbocycles. The standard InChI is InChI=1S/C30H27N9/c1-18(19-5-3-2-4-6-19)35-22-13-21(15-32-16-22)25-14-23-26(17-34-25)38-39-28(23)30-36-24-9-12-33-27(29(24)37-30)20-7-10-31-11-8-20/h7-17,19,35H,1-6H2,(H,36,37)(H,38,39). The zero-order valence-electron chi connectivity index (χ0n) is 21.4. The summed E-state index contributed by atoms with van der Waals surface area (Å²) in [6, 6.07) is 9.88. The minimum absolute atomic E-state index is 0.517. The van der Waals surface area contributed by atoms with E-state index in [2.05, 4.69) is 53.1 Å². The number of hydrogen-bond donors (Lipinski definition) is 3. The molecule has 0 saturated heterocycles. The number of anilines is 1. The number of allylic oxidation sites excluding steroid dienone is 1. The van der Waals surface area contributed by atoms with Gasteiger partial charge in [0.15, 0.2) is 5.82 Å². The van der Waals surface area contributed by atoms with Crippen molar-refractivity contribution < 1.29 is 0 Å². The topological polar surface area (TPSA) is 121 Å². The van der Waals surface area contributed by atoms with Crippen LogP contribution in [0.5, 0.6) is 0 Å². The Hall–Kier alpha value is -4.92. The van der Waals surface area contributed by atoms with Crippen molar-refractivity contribution in [1.29, 1.82) is 0 Å². The molecule has 6 aromatic heterocycles. The molecule has 6 aromatic rings. The molecule has 0 amide bonds. The van der Waals surface area contributed by atoms with Crippen molar-refractivity contribution >= 4 is 27.6 Å². The quantitative estimate of drug-likeness (QED) is 0.232. The van der Waals surface area contributed by atoms with E-state index in [1.54, 1.807) is 24.8 Å². The van der Waals surface area contributed by atoms with E-state index >= 15 is 0 Å². The summed E-state index contributed by atoms with van der Waals surface area (Å²) in [5.74, 6) is 1.18. The molecule has 7 rings (SSSR count). The highest BCUT2D eigenvalue weighted by Crippen LogP contribution is 2.33. The van der Waals surface area contributed by atoms with E-state index in [1.807, 2.05) is 36.7 Å². The van der Waals surface area contributed by atoms with Gasteiger partial charge >= 0.3 is 0 Å². The molecule has 9 heteroatoms. The first-order valence-corrected chi connectivity index (χ1v) is 13.2. The fourth-order valence-corrected chi connectivity index (χ4v) is 5.41. The zero-order chi connectivity index (χ0) is 26.2. The number of nitrogens with zero attached hydrogens (tertiary/aromatic N) is 6. The molecule has 0 radical (unpaired) electrons. The Balaban J connectivity index is 1.23. The van der Waals surface area contributed by atoms with Gasteiger partial charge in [-0.1, -0.05) is 25.8 Å². The van der Waals surface area contributed by atoms with Gasteiger partial charge in [0.1, 0.15) is 11.2 Å². The number of aromatic amines is 2. The Morgan fingerprint density at radius 3 is 2.59 bits per heavy atom. The van der Waals surface area contributed by atoms with E-state index < -0.39 is 0 Å². The van der Waals surface area contributed by atoms with E-state index in [0.717, 1.165) is 61.5 Å². The molecule has 1 aliphatic carbocycles. The highest BCUT2D eigenvalue weighted by Gasteiger charge is 2.18. The van der Waals surface area contributed by atoms with Gasteiger partial charge in [0.05, 0.1) is 40.5 Å². The van der Waals surface area contributed by atoms with E-state index in [0.29, 0.717) is 11.7 Å². The second kappa shape index (κ2) is 9.75. The van der Waals surface area contributed by atoms with Gasteiger partial charge in [-0.05, 0) is 49.1 Å². The van der Waals surface area contributed by atoms with Crippen molar-refractivity contribution in [3.63, 3.8) is 0 Å². The molecule has 6 heterocycles. The highest BCUT2D eigenvalue weighted by molar-refractivity contribution is 5.96. The summed E-state index contributed by atoms with van der Waals surface area (Å²) >= 11 is 0. The average Bonchev–Trinajstić information content (AvgIpc) is 3.62. The number of H-pyrrole nitrogens is 2. The Labute approximate surface area is 224 Å². The number of pyridine rings is 4. The van der Waals surface area contributed by atoms with E-state index in [1.165, 1.54) is 32.1 Å². The molecule has 192 valence electrons. The summed E-state index contributed by atoms with van der Waals surface area (Å²) in [7, 11) is 0. The van der Waals surface area contributed by atoms with Crippen LogP contribution in [-0.4, -0.2) is 40.1 Å². The largest absolute Gasteiger partial charge is 0.358 e. The highest BCUT2D eigenvalue weighted by atomic mass is 15.1. The summed E-state index contributed by atoms with van der Waals surface area (Å²) < 4.78 is 0. The molecule has 0 bridgehead atoms. The van der Waals surface area contributed by atoms with E-state index in [9.17, 15) is 0 Å². The van der Waals surface area contributed by atoms with Crippen LogP contribution in [0.25, 0.3) is 56.0 Å². The molecule has 3 N–H and O–H groups in total. The van der Waals surface area contributed by atoms with Crippen LogP contribution in [-0.2, 0) is 0 Å². The first-order chi connectivity index (χ1) is 19.2. The minimum atomic E-state index is 0.517. The van der Waals surface area contributed by atoms with Crippen molar-refractivity contribution in [1.82, 2.24) is 40.1 Å². The lowest BCUT2D eigenvalue weighted by molar-refractivity contribution is 0.405. The van der Waals surface area contributed by atoms with Crippen LogP contribution in [0.2, 0.25) is 0 Å². The Morgan fingerprint density at radius 1 is 0.846 bits per heavy atom. The number of hydrogen-bond acceptors (Lipinski definition) is 7. The lowest BCUT2D eigenvalue weighted by Gasteiger charge is -2.24. The number of rotatable bonds is 6. The maximum Gasteiger partial charge on any atom is 0.159 e. The molecule has 0 aliphatic heterocycles. The predicted octanol–water partition coefficient (Wildman–Crippen LogP) is 6.53. The Kier molecular flexibility index (Phi) is 5.81. The third kappa shape index (κ3) is 4.41. The second-order valence-corrected chi connectivity index (χ2v) is 10.0. The van der Waals surface area contributed by atoms with E-state index in [4.69, 9.17) is 4.98 Å². The molecular formula is C30H27N9. The fraction of sp³-hybridized carbons (Fsp3) is 0.200. The summed E-state index contributed by atoms with van der Waals surface area (Å²) in [6.07, 6.45) is 17.0. The Morgan fingerprint density at radius 2 is 1.72 bits per heavy atom. The van der Waals surface area contributed by atoms with Crippen LogP contribution in [0.3, 0.4) is 0 Å².